The van der Waals surface area contributed by atoms with Crippen LogP contribution in [0.5, 0.6) is 0 Å². The van der Waals surface area contributed by atoms with Gasteiger partial charge < -0.3 is 14.8 Å². The number of thioether (sulfide) groups is 1. The zero-order chi connectivity index (χ0) is 14.8. The fourth-order valence-electron chi connectivity index (χ4n) is 2.50. The molecule has 0 amide bonds. The summed E-state index contributed by atoms with van der Waals surface area (Å²) in [7, 11) is 0. The number of carboxylic acid groups (broad SMARTS) is 1. The van der Waals surface area contributed by atoms with E-state index in [9.17, 15) is 9.90 Å². The number of aliphatic hydroxyl groups is 1. The fourth-order valence-corrected chi connectivity index (χ4v) is 3.23. The van der Waals surface area contributed by atoms with Gasteiger partial charge in [-0.15, -0.1) is 10.2 Å². The van der Waals surface area contributed by atoms with E-state index in [1.54, 1.807) is 0 Å². The summed E-state index contributed by atoms with van der Waals surface area (Å²) in [5.74, 6) is -0.0924. The van der Waals surface area contributed by atoms with Crippen molar-refractivity contribution in [2.45, 2.75) is 30.1 Å². The molecule has 2 atom stereocenters. The minimum absolute atomic E-state index is 0.0632. The lowest BCUT2D eigenvalue weighted by Gasteiger charge is -2.08. The van der Waals surface area contributed by atoms with Crippen LogP contribution in [0.15, 0.2) is 35.5 Å². The minimum Gasteiger partial charge on any atom is -0.481 e. The van der Waals surface area contributed by atoms with Gasteiger partial charge in [0.1, 0.15) is 6.61 Å². The highest BCUT2D eigenvalue weighted by atomic mass is 32.2. The normalized spacial score (nSPS) is 20.4. The summed E-state index contributed by atoms with van der Waals surface area (Å²) in [6, 6.07) is 10.3. The molecule has 7 heteroatoms. The Kier molecular flexibility index (Phi) is 3.94. The van der Waals surface area contributed by atoms with Gasteiger partial charge in [0.2, 0.25) is 0 Å². The predicted octanol–water partition coefficient (Wildman–Crippen LogP) is 1.68. The number of hydrogen-bond donors (Lipinski definition) is 2. The van der Waals surface area contributed by atoms with Crippen molar-refractivity contribution in [2.24, 2.45) is 0 Å². The SMILES string of the molecule is O=C(O)CSc1nnc(CO)n1C1CC1c1ccccc1. The predicted molar refractivity (Wildman–Crippen MR) is 77.1 cm³/mol. The van der Waals surface area contributed by atoms with Crippen molar-refractivity contribution >= 4 is 17.7 Å². The van der Waals surface area contributed by atoms with Crippen LogP contribution in [0.2, 0.25) is 0 Å². The molecule has 110 valence electrons. The quantitative estimate of drug-likeness (QED) is 0.789. The van der Waals surface area contributed by atoms with Gasteiger partial charge in [-0.3, -0.25) is 4.79 Å². The molecule has 1 aromatic heterocycles. The number of aliphatic carboxylic acids is 1. The van der Waals surface area contributed by atoms with E-state index in [1.807, 2.05) is 22.8 Å². The first-order valence-corrected chi connectivity index (χ1v) is 7.63. The Balaban J connectivity index is 1.82. The fraction of sp³-hybridized carbons (Fsp3) is 0.357. The lowest BCUT2D eigenvalue weighted by molar-refractivity contribution is -0.133. The van der Waals surface area contributed by atoms with E-state index in [-0.39, 0.29) is 18.4 Å². The Bertz CT molecular complexity index is 644. The second kappa shape index (κ2) is 5.87. The summed E-state index contributed by atoms with van der Waals surface area (Å²) in [6.07, 6.45) is 0.954. The molecule has 1 aliphatic rings. The molecule has 1 saturated carbocycles. The van der Waals surface area contributed by atoms with Crippen molar-refractivity contribution < 1.29 is 15.0 Å². The molecule has 21 heavy (non-hydrogen) atoms. The van der Waals surface area contributed by atoms with Crippen molar-refractivity contribution in [1.29, 1.82) is 0 Å². The molecule has 2 aromatic rings. The monoisotopic (exact) mass is 305 g/mol. The molecule has 6 nitrogen and oxygen atoms in total. The largest absolute Gasteiger partial charge is 0.481 e. The maximum Gasteiger partial charge on any atom is 0.313 e. The first-order chi connectivity index (χ1) is 10.2. The minimum atomic E-state index is -0.893. The van der Waals surface area contributed by atoms with Crippen LogP contribution in [0.1, 0.15) is 29.8 Å². The average Bonchev–Trinajstić information content (AvgIpc) is 3.18. The molecule has 0 saturated heterocycles. The number of carboxylic acids is 1. The standard InChI is InChI=1S/C14H15N3O3S/c18-7-12-15-16-14(21-8-13(19)20)17(12)11-6-10(11)9-4-2-1-3-5-9/h1-5,10-11,18H,6-8H2,(H,19,20). The van der Waals surface area contributed by atoms with Crippen LogP contribution in [-0.2, 0) is 11.4 Å². The number of aliphatic hydroxyl groups excluding tert-OH is 1. The van der Waals surface area contributed by atoms with E-state index >= 15 is 0 Å². The van der Waals surface area contributed by atoms with Gasteiger partial charge in [0.25, 0.3) is 0 Å². The first kappa shape index (κ1) is 14.1. The summed E-state index contributed by atoms with van der Waals surface area (Å²) >= 11 is 1.14. The van der Waals surface area contributed by atoms with Crippen LogP contribution in [0.25, 0.3) is 0 Å². The van der Waals surface area contributed by atoms with Gasteiger partial charge in [0, 0.05) is 12.0 Å². The Hall–Kier alpha value is -1.86. The third-order valence-corrected chi connectivity index (χ3v) is 4.45. The molecule has 1 heterocycles. The molecule has 1 aromatic carbocycles. The Morgan fingerprint density at radius 3 is 2.76 bits per heavy atom. The van der Waals surface area contributed by atoms with Gasteiger partial charge >= 0.3 is 5.97 Å². The molecule has 1 fully saturated rings. The van der Waals surface area contributed by atoms with Gasteiger partial charge in [-0.1, -0.05) is 42.1 Å². The molecular weight excluding hydrogens is 290 g/mol. The van der Waals surface area contributed by atoms with E-state index in [4.69, 9.17) is 5.11 Å². The highest BCUT2D eigenvalue weighted by Crippen LogP contribution is 2.52. The van der Waals surface area contributed by atoms with Crippen LogP contribution in [0.3, 0.4) is 0 Å². The Morgan fingerprint density at radius 1 is 1.33 bits per heavy atom. The number of carbonyl (C=O) groups is 1. The highest BCUT2D eigenvalue weighted by Gasteiger charge is 2.42. The van der Waals surface area contributed by atoms with Gasteiger partial charge in [0.05, 0.1) is 5.75 Å². The smallest absolute Gasteiger partial charge is 0.313 e. The zero-order valence-electron chi connectivity index (χ0n) is 11.2. The second-order valence-electron chi connectivity index (χ2n) is 4.93. The van der Waals surface area contributed by atoms with E-state index in [2.05, 4.69) is 22.3 Å². The molecule has 3 rings (SSSR count). The topological polar surface area (TPSA) is 88.2 Å². The highest BCUT2D eigenvalue weighted by molar-refractivity contribution is 7.99. The second-order valence-corrected chi connectivity index (χ2v) is 5.87. The summed E-state index contributed by atoms with van der Waals surface area (Å²) in [4.78, 5) is 10.7. The van der Waals surface area contributed by atoms with Crippen LogP contribution < -0.4 is 0 Å². The van der Waals surface area contributed by atoms with E-state index < -0.39 is 5.97 Å². The zero-order valence-corrected chi connectivity index (χ0v) is 12.0. The van der Waals surface area contributed by atoms with E-state index in [0.717, 1.165) is 18.2 Å². The summed E-state index contributed by atoms with van der Waals surface area (Å²) in [6.45, 7) is -0.196. The van der Waals surface area contributed by atoms with Gasteiger partial charge in [-0.05, 0) is 12.0 Å². The van der Waals surface area contributed by atoms with Crippen molar-refractivity contribution in [3.8, 4) is 0 Å². The third kappa shape index (κ3) is 2.93. The van der Waals surface area contributed by atoms with Crippen molar-refractivity contribution in [3.05, 3.63) is 41.7 Å². The molecule has 0 aliphatic heterocycles. The number of rotatable bonds is 6. The van der Waals surface area contributed by atoms with Crippen molar-refractivity contribution in [2.75, 3.05) is 5.75 Å². The molecule has 2 unspecified atom stereocenters. The van der Waals surface area contributed by atoms with Gasteiger partial charge in [-0.25, -0.2) is 0 Å². The molecular formula is C14H15N3O3S. The lowest BCUT2D eigenvalue weighted by atomic mass is 10.1. The average molecular weight is 305 g/mol. The van der Waals surface area contributed by atoms with Crippen molar-refractivity contribution in [3.63, 3.8) is 0 Å². The van der Waals surface area contributed by atoms with E-state index in [0.29, 0.717) is 16.9 Å². The first-order valence-electron chi connectivity index (χ1n) is 6.65. The molecule has 1 aliphatic carbocycles. The Morgan fingerprint density at radius 2 is 2.10 bits per heavy atom. The van der Waals surface area contributed by atoms with Gasteiger partial charge in [-0.2, -0.15) is 0 Å². The lowest BCUT2D eigenvalue weighted by Crippen LogP contribution is -2.06. The number of aromatic nitrogens is 3. The maximum absolute atomic E-state index is 10.7. The van der Waals surface area contributed by atoms with Crippen LogP contribution >= 0.6 is 11.8 Å². The maximum atomic E-state index is 10.7. The summed E-state index contributed by atoms with van der Waals surface area (Å²) in [5.41, 5.74) is 1.24. The summed E-state index contributed by atoms with van der Waals surface area (Å²) in [5, 5.41) is 26.7. The number of nitrogens with zero attached hydrogens (tertiary/aromatic N) is 3. The summed E-state index contributed by atoms with van der Waals surface area (Å²) < 4.78 is 1.88. The van der Waals surface area contributed by atoms with Crippen molar-refractivity contribution in [1.82, 2.24) is 14.8 Å². The molecule has 2 N–H and O–H groups in total. The molecule has 0 bridgehead atoms. The third-order valence-electron chi connectivity index (χ3n) is 3.52. The number of hydrogen-bond acceptors (Lipinski definition) is 5. The van der Waals surface area contributed by atoms with Crippen LogP contribution in [0, 0.1) is 0 Å². The van der Waals surface area contributed by atoms with Crippen LogP contribution in [-0.4, -0.2) is 36.7 Å². The van der Waals surface area contributed by atoms with E-state index in [1.165, 1.54) is 5.56 Å². The van der Waals surface area contributed by atoms with Crippen LogP contribution in [0.4, 0.5) is 0 Å². The molecule has 0 spiro atoms. The van der Waals surface area contributed by atoms with Gasteiger partial charge in [0.15, 0.2) is 11.0 Å². The number of benzene rings is 1. The Labute approximate surface area is 125 Å². The molecule has 0 radical (unpaired) electrons.